The summed E-state index contributed by atoms with van der Waals surface area (Å²) in [7, 11) is 1.61. The van der Waals surface area contributed by atoms with E-state index in [0.29, 0.717) is 11.3 Å². The highest BCUT2D eigenvalue weighted by Gasteiger charge is 2.04. The van der Waals surface area contributed by atoms with Gasteiger partial charge in [0.05, 0.1) is 12.8 Å². The number of aromatic amines is 1. The van der Waals surface area contributed by atoms with Crippen molar-refractivity contribution < 1.29 is 4.74 Å². The van der Waals surface area contributed by atoms with E-state index in [4.69, 9.17) is 10.5 Å². The van der Waals surface area contributed by atoms with Crippen LogP contribution in [0.3, 0.4) is 0 Å². The van der Waals surface area contributed by atoms with Gasteiger partial charge >= 0.3 is 0 Å². The molecule has 1 heterocycles. The first-order valence-electron chi connectivity index (χ1n) is 5.17. The van der Waals surface area contributed by atoms with Crippen molar-refractivity contribution >= 4 is 0 Å². The second-order valence-electron chi connectivity index (χ2n) is 3.54. The molecule has 0 spiro atoms. The van der Waals surface area contributed by atoms with Crippen molar-refractivity contribution in [3.05, 3.63) is 46.2 Å². The summed E-state index contributed by atoms with van der Waals surface area (Å²) in [6.07, 6.45) is 0. The van der Waals surface area contributed by atoms with Crippen LogP contribution in [-0.4, -0.2) is 17.3 Å². The van der Waals surface area contributed by atoms with Gasteiger partial charge in [0.25, 0.3) is 5.56 Å². The van der Waals surface area contributed by atoms with Crippen LogP contribution in [0.5, 0.6) is 5.75 Å². The largest absolute Gasteiger partial charge is 0.497 e. The van der Waals surface area contributed by atoms with E-state index in [0.717, 1.165) is 11.3 Å². The van der Waals surface area contributed by atoms with Gasteiger partial charge in [0, 0.05) is 17.7 Å². The highest BCUT2D eigenvalue weighted by Crippen LogP contribution is 2.19. The zero-order chi connectivity index (χ0) is 12.3. The smallest absolute Gasteiger partial charge is 0.268 e. The van der Waals surface area contributed by atoms with Crippen molar-refractivity contribution in [3.8, 4) is 17.0 Å². The molecule has 0 unspecified atom stereocenters. The molecule has 0 aliphatic heterocycles. The van der Waals surface area contributed by atoms with Crippen LogP contribution in [0.1, 0.15) is 5.56 Å². The van der Waals surface area contributed by atoms with E-state index in [1.807, 2.05) is 24.3 Å². The number of rotatable bonds is 3. The summed E-state index contributed by atoms with van der Waals surface area (Å²) in [6.45, 7) is 0.195. The Labute approximate surface area is 98.2 Å². The molecule has 1 aromatic carbocycles. The summed E-state index contributed by atoms with van der Waals surface area (Å²) in [6, 6.07) is 9.12. The lowest BCUT2D eigenvalue weighted by Gasteiger charge is -2.03. The second kappa shape index (κ2) is 4.80. The molecule has 0 atom stereocenters. The van der Waals surface area contributed by atoms with Gasteiger partial charge in [0.15, 0.2) is 0 Å². The number of nitrogens with zero attached hydrogens (tertiary/aromatic N) is 1. The minimum absolute atomic E-state index is 0.195. The third-order valence-corrected chi connectivity index (χ3v) is 2.49. The fraction of sp³-hybridized carbons (Fsp3) is 0.167. The van der Waals surface area contributed by atoms with Crippen LogP contribution in [0, 0.1) is 0 Å². The Kier molecular flexibility index (Phi) is 3.20. The van der Waals surface area contributed by atoms with Gasteiger partial charge < -0.3 is 10.5 Å². The monoisotopic (exact) mass is 231 g/mol. The van der Waals surface area contributed by atoms with Gasteiger partial charge in [0.1, 0.15) is 5.75 Å². The van der Waals surface area contributed by atoms with Gasteiger partial charge in [-0.15, -0.1) is 0 Å². The zero-order valence-electron chi connectivity index (χ0n) is 9.43. The number of methoxy groups -OCH3 is 1. The molecule has 0 aliphatic carbocycles. The van der Waals surface area contributed by atoms with E-state index >= 15 is 0 Å². The number of H-pyrrole nitrogens is 1. The maximum Gasteiger partial charge on any atom is 0.268 e. The van der Waals surface area contributed by atoms with Gasteiger partial charge in [-0.3, -0.25) is 4.79 Å². The van der Waals surface area contributed by atoms with Gasteiger partial charge in [-0.1, -0.05) is 0 Å². The molecule has 0 aliphatic rings. The molecule has 0 saturated heterocycles. The van der Waals surface area contributed by atoms with E-state index in [2.05, 4.69) is 10.2 Å². The summed E-state index contributed by atoms with van der Waals surface area (Å²) in [5.74, 6) is 0.775. The first-order chi connectivity index (χ1) is 8.24. The lowest BCUT2D eigenvalue weighted by atomic mass is 10.1. The van der Waals surface area contributed by atoms with Crippen molar-refractivity contribution in [1.29, 1.82) is 0 Å². The molecule has 2 rings (SSSR count). The van der Waals surface area contributed by atoms with Crippen molar-refractivity contribution in [2.24, 2.45) is 5.73 Å². The summed E-state index contributed by atoms with van der Waals surface area (Å²) < 4.78 is 5.07. The molecule has 0 saturated carbocycles. The van der Waals surface area contributed by atoms with Crippen LogP contribution in [0.4, 0.5) is 0 Å². The topological polar surface area (TPSA) is 81.0 Å². The third kappa shape index (κ3) is 2.34. The molecule has 0 radical (unpaired) electrons. The van der Waals surface area contributed by atoms with Gasteiger partial charge in [0.2, 0.25) is 0 Å². The standard InChI is InChI=1S/C12H13N3O2/c1-17-10-4-2-8(3-5-10)11-6-9(7-13)12(16)15-14-11/h2-6H,7,13H2,1H3,(H,15,16). The summed E-state index contributed by atoms with van der Waals surface area (Å²) in [5.41, 5.74) is 7.34. The number of hydrogen-bond donors (Lipinski definition) is 2. The van der Waals surface area contributed by atoms with Crippen LogP contribution in [0.25, 0.3) is 11.3 Å². The quantitative estimate of drug-likeness (QED) is 0.822. The van der Waals surface area contributed by atoms with Crippen LogP contribution >= 0.6 is 0 Å². The predicted molar refractivity (Wildman–Crippen MR) is 64.7 cm³/mol. The Morgan fingerprint density at radius 1 is 1.35 bits per heavy atom. The number of nitrogens with one attached hydrogen (secondary N) is 1. The zero-order valence-corrected chi connectivity index (χ0v) is 9.43. The lowest BCUT2D eigenvalue weighted by Crippen LogP contribution is -2.17. The van der Waals surface area contributed by atoms with E-state index in [-0.39, 0.29) is 12.1 Å². The molecule has 88 valence electrons. The molecular formula is C12H13N3O2. The molecule has 1 aromatic heterocycles. The minimum atomic E-state index is -0.246. The fourth-order valence-corrected chi connectivity index (χ4v) is 1.51. The van der Waals surface area contributed by atoms with Gasteiger partial charge in [-0.25, -0.2) is 5.10 Å². The second-order valence-corrected chi connectivity index (χ2v) is 3.54. The molecule has 3 N–H and O–H groups in total. The predicted octanol–water partition coefficient (Wildman–Crippen LogP) is 0.904. The Morgan fingerprint density at radius 2 is 2.06 bits per heavy atom. The molecule has 17 heavy (non-hydrogen) atoms. The summed E-state index contributed by atoms with van der Waals surface area (Å²) in [5, 5.41) is 6.41. The average Bonchev–Trinajstić information content (AvgIpc) is 2.39. The maximum absolute atomic E-state index is 11.3. The normalized spacial score (nSPS) is 10.2. The van der Waals surface area contributed by atoms with Crippen LogP contribution < -0.4 is 16.0 Å². The maximum atomic E-state index is 11.3. The fourth-order valence-electron chi connectivity index (χ4n) is 1.51. The number of nitrogens with two attached hydrogens (primary N) is 1. The van der Waals surface area contributed by atoms with Crippen LogP contribution in [0.2, 0.25) is 0 Å². The number of hydrogen-bond acceptors (Lipinski definition) is 4. The minimum Gasteiger partial charge on any atom is -0.497 e. The van der Waals surface area contributed by atoms with E-state index in [1.165, 1.54) is 0 Å². The van der Waals surface area contributed by atoms with E-state index < -0.39 is 0 Å². The Morgan fingerprint density at radius 3 is 2.65 bits per heavy atom. The van der Waals surface area contributed by atoms with Crippen molar-refractivity contribution in [3.63, 3.8) is 0 Å². The number of aromatic nitrogens is 2. The van der Waals surface area contributed by atoms with E-state index in [9.17, 15) is 4.79 Å². The van der Waals surface area contributed by atoms with Gasteiger partial charge in [-0.05, 0) is 30.3 Å². The molecule has 0 bridgehead atoms. The van der Waals surface area contributed by atoms with Gasteiger partial charge in [-0.2, -0.15) is 5.10 Å². The molecule has 2 aromatic rings. The molecule has 0 fully saturated rings. The van der Waals surface area contributed by atoms with E-state index in [1.54, 1.807) is 13.2 Å². The highest BCUT2D eigenvalue weighted by atomic mass is 16.5. The van der Waals surface area contributed by atoms with Crippen molar-refractivity contribution in [2.45, 2.75) is 6.54 Å². The van der Waals surface area contributed by atoms with Crippen molar-refractivity contribution in [2.75, 3.05) is 7.11 Å². The molecule has 0 amide bonds. The Balaban J connectivity index is 2.42. The summed E-state index contributed by atoms with van der Waals surface area (Å²) in [4.78, 5) is 11.3. The first-order valence-corrected chi connectivity index (χ1v) is 5.17. The van der Waals surface area contributed by atoms with Crippen LogP contribution in [0.15, 0.2) is 35.1 Å². The Bertz CT molecular complexity index is 561. The Hall–Kier alpha value is -2.14. The SMILES string of the molecule is COc1ccc(-c2cc(CN)c(=O)[nH]n2)cc1. The van der Waals surface area contributed by atoms with Crippen LogP contribution in [-0.2, 0) is 6.54 Å². The molecular weight excluding hydrogens is 218 g/mol. The summed E-state index contributed by atoms with van der Waals surface area (Å²) >= 11 is 0. The average molecular weight is 231 g/mol. The van der Waals surface area contributed by atoms with Crippen molar-refractivity contribution in [1.82, 2.24) is 10.2 Å². The number of ether oxygens (including phenoxy) is 1. The first kappa shape index (κ1) is 11.3. The highest BCUT2D eigenvalue weighted by molar-refractivity contribution is 5.60. The lowest BCUT2D eigenvalue weighted by molar-refractivity contribution is 0.415. The molecule has 5 heteroatoms. The third-order valence-electron chi connectivity index (χ3n) is 2.49. The number of benzene rings is 1. The molecule has 5 nitrogen and oxygen atoms in total.